The van der Waals surface area contributed by atoms with Crippen LogP contribution in [-0.2, 0) is 51.8 Å². The number of benzene rings is 9. The molecule has 0 saturated carbocycles. The molecule has 0 N–H and O–H groups in total. The summed E-state index contributed by atoms with van der Waals surface area (Å²) in [5, 5.41) is 2.23. The fourth-order valence-electron chi connectivity index (χ4n) is 17.1. The number of halogens is 1. The van der Waals surface area contributed by atoms with Gasteiger partial charge in [0.05, 0.1) is 101 Å². The van der Waals surface area contributed by atoms with Crippen molar-refractivity contribution in [2.75, 3.05) is 138 Å². The standard InChI is InChI=1S/C36H42ClN5O4.C36H43N5O5.C32H34N4O5/c1-26(2)46-33-15-10-27(23-39-16-6-3-7-17-39)22-32(33)42-34(38-31-9-5-4-8-30(31)36(42)44)24-40-18-20-41(21-19-40)35(43)25-45-29-13-11-28(37)12-14-29;1-26(2)46-33-13-10-28(23-39-18-20-44-21-19-39)22-32(33)41-34(37-31-7-5-4-6-30(31)36(41)43)24-38-14-16-40(17-15-38)35(42)25-45-29-11-8-27(3)9-12-29;1-22(2)41-29-13-10-24(20-37)18-28(29)36-30(33-27-7-5-4-6-26(27)32(36)39)19-34-14-16-35(17-15-34)31(38)21-40-25-11-8-23(3)9-12-25/h4-5,8-15,22,26H,3,6-7,16-21,23-25H2,1-2H3;4-13,22,26H,14-21,23-25H2,1-3H3;4-13,18,20,22H,14-17,19,21H2,1-3H3. The van der Waals surface area contributed by atoms with Crippen LogP contribution in [0.2, 0.25) is 5.02 Å². The normalized spacial score (nSPS) is 15.5. The number of rotatable bonds is 29. The fraction of sp³-hybridized carbons (Fsp3) is 0.385. The molecule has 0 aliphatic carbocycles. The summed E-state index contributed by atoms with van der Waals surface area (Å²) in [6, 6.07) is 61.9. The Morgan fingerprint density at radius 3 is 1.03 bits per heavy atom. The maximum absolute atomic E-state index is 14.2. The highest BCUT2D eigenvalue weighted by molar-refractivity contribution is 6.30. The van der Waals surface area contributed by atoms with Crippen LogP contribution in [-0.4, -0.2) is 248 Å². The Morgan fingerprint density at radius 1 is 0.368 bits per heavy atom. The van der Waals surface area contributed by atoms with E-state index in [0.29, 0.717) is 205 Å². The van der Waals surface area contributed by atoms with E-state index in [9.17, 15) is 33.6 Å². The molecule has 0 unspecified atom stereocenters. The summed E-state index contributed by atoms with van der Waals surface area (Å²) in [4.78, 5) is 125. The largest absolute Gasteiger partial charge is 0.489 e. The van der Waals surface area contributed by atoms with Crippen molar-refractivity contribution < 1.29 is 52.3 Å². The number of nitrogens with zero attached hydrogens (tertiary/aromatic N) is 14. The van der Waals surface area contributed by atoms with Gasteiger partial charge in [-0.15, -0.1) is 0 Å². The molecule has 5 aliphatic rings. The van der Waals surface area contributed by atoms with Crippen molar-refractivity contribution in [1.82, 2.24) is 67.9 Å². The van der Waals surface area contributed by atoms with Crippen LogP contribution in [0, 0.1) is 13.8 Å². The number of aromatic nitrogens is 6. The number of para-hydroxylation sites is 3. The van der Waals surface area contributed by atoms with E-state index in [1.54, 1.807) is 67.1 Å². The second kappa shape index (κ2) is 45.2. The number of morpholine rings is 1. The van der Waals surface area contributed by atoms with E-state index < -0.39 is 0 Å². The number of aldehydes is 1. The van der Waals surface area contributed by atoms with Crippen LogP contribution < -0.4 is 45.1 Å². The van der Waals surface area contributed by atoms with Crippen molar-refractivity contribution in [3.63, 3.8) is 0 Å². The number of likely N-dealkylation sites (tertiary alicyclic amines) is 1. The summed E-state index contributed by atoms with van der Waals surface area (Å²) < 4.78 is 46.3. The Balaban J connectivity index is 0.000000153. The van der Waals surface area contributed by atoms with Crippen molar-refractivity contribution in [2.24, 2.45) is 0 Å². The number of amides is 3. The molecule has 0 spiro atoms. The number of ether oxygens (including phenoxy) is 7. The minimum atomic E-state index is -0.232. The Morgan fingerprint density at radius 2 is 0.684 bits per heavy atom. The molecule has 28 nitrogen and oxygen atoms in total. The first kappa shape index (κ1) is 95.0. The maximum Gasteiger partial charge on any atom is 0.266 e. The summed E-state index contributed by atoms with van der Waals surface area (Å²) >= 11 is 5.95. The molecule has 0 radical (unpaired) electrons. The number of aryl methyl sites for hydroxylation is 2. The van der Waals surface area contributed by atoms with Gasteiger partial charge in [-0.3, -0.25) is 71.8 Å². The van der Waals surface area contributed by atoms with Crippen molar-refractivity contribution in [3.8, 4) is 51.6 Å². The van der Waals surface area contributed by atoms with E-state index >= 15 is 0 Å². The average molecular weight is 1820 g/mol. The van der Waals surface area contributed by atoms with E-state index in [2.05, 4.69) is 48.8 Å². The highest BCUT2D eigenvalue weighted by atomic mass is 35.5. The van der Waals surface area contributed by atoms with Gasteiger partial charge in [-0.2, -0.15) is 0 Å². The number of fused-ring (bicyclic) bond motifs is 3. The summed E-state index contributed by atoms with van der Waals surface area (Å²) in [6.07, 6.45) is 4.20. The lowest BCUT2D eigenvalue weighted by atomic mass is 10.1. The summed E-state index contributed by atoms with van der Waals surface area (Å²) in [5.74, 6) is 5.44. The van der Waals surface area contributed by atoms with Crippen molar-refractivity contribution in [2.45, 2.75) is 126 Å². The highest BCUT2D eigenvalue weighted by Crippen LogP contribution is 2.33. The van der Waals surface area contributed by atoms with E-state index in [4.69, 9.17) is 59.7 Å². The molecule has 0 bridgehead atoms. The lowest BCUT2D eigenvalue weighted by Gasteiger charge is -2.34. The van der Waals surface area contributed by atoms with E-state index in [1.165, 1.54) is 19.3 Å². The highest BCUT2D eigenvalue weighted by Gasteiger charge is 2.31. The lowest BCUT2D eigenvalue weighted by Crippen LogP contribution is -2.50. The molecule has 29 heteroatoms. The second-order valence-corrected chi connectivity index (χ2v) is 35.6. The first-order valence-corrected chi connectivity index (χ1v) is 46.6. The summed E-state index contributed by atoms with van der Waals surface area (Å²) in [7, 11) is 0. The molecule has 5 fully saturated rings. The molecule has 5 aliphatic heterocycles. The smallest absolute Gasteiger partial charge is 0.266 e. The van der Waals surface area contributed by atoms with Crippen molar-refractivity contribution in [1.29, 1.82) is 0 Å². The van der Waals surface area contributed by atoms with Gasteiger partial charge in [-0.05, 0) is 220 Å². The Hall–Kier alpha value is -12.7. The second-order valence-electron chi connectivity index (χ2n) is 35.1. The molecular weight excluding hydrogens is 1700 g/mol. The van der Waals surface area contributed by atoms with Gasteiger partial charge in [0.1, 0.15) is 58.3 Å². The van der Waals surface area contributed by atoms with Crippen LogP contribution in [0.4, 0.5) is 0 Å². The molecule has 17 rings (SSSR count). The van der Waals surface area contributed by atoms with Gasteiger partial charge in [0, 0.05) is 115 Å². The molecule has 12 aromatic rings. The number of hydrogen-bond acceptors (Lipinski definition) is 22. The molecule has 9 aromatic carbocycles. The fourth-order valence-corrected chi connectivity index (χ4v) is 17.2. The van der Waals surface area contributed by atoms with Crippen LogP contribution in [0.5, 0.6) is 34.5 Å². The number of hydrogen-bond donors (Lipinski definition) is 0. The van der Waals surface area contributed by atoms with Gasteiger partial charge in [0.25, 0.3) is 34.4 Å². The van der Waals surface area contributed by atoms with E-state index in [1.807, 2.05) is 193 Å². The first-order chi connectivity index (χ1) is 64.5. The monoisotopic (exact) mass is 1820 g/mol. The summed E-state index contributed by atoms with van der Waals surface area (Å²) in [6.45, 7) is 31.2. The molecule has 133 heavy (non-hydrogen) atoms. The number of carbonyl (C=O) groups excluding carboxylic acids is 4. The van der Waals surface area contributed by atoms with Crippen LogP contribution in [0.25, 0.3) is 49.8 Å². The zero-order valence-corrected chi connectivity index (χ0v) is 78.0. The lowest BCUT2D eigenvalue weighted by molar-refractivity contribution is -0.135. The maximum atomic E-state index is 14.2. The third-order valence-electron chi connectivity index (χ3n) is 24.1. The quantitative estimate of drug-likeness (QED) is 0.0394. The van der Waals surface area contributed by atoms with E-state index in [-0.39, 0.29) is 72.5 Å². The topological polar surface area (TPSA) is 263 Å². The van der Waals surface area contributed by atoms with Crippen molar-refractivity contribution >= 4 is 68.3 Å². The first-order valence-electron chi connectivity index (χ1n) is 46.2. The average Bonchev–Trinajstić information content (AvgIpc) is 0.767. The summed E-state index contributed by atoms with van der Waals surface area (Å²) in [5.41, 5.74) is 8.30. The van der Waals surface area contributed by atoms with Crippen LogP contribution in [0.15, 0.2) is 215 Å². The molecule has 0 atom stereocenters. The van der Waals surface area contributed by atoms with Gasteiger partial charge in [-0.1, -0.05) is 102 Å². The third kappa shape index (κ3) is 25.0. The Bertz CT molecular complexity index is 5960. The molecule has 696 valence electrons. The van der Waals surface area contributed by atoms with Gasteiger partial charge >= 0.3 is 0 Å². The zero-order chi connectivity index (χ0) is 93.0. The van der Waals surface area contributed by atoms with Gasteiger partial charge in [0.15, 0.2) is 19.8 Å². The van der Waals surface area contributed by atoms with Gasteiger partial charge < -0.3 is 47.9 Å². The van der Waals surface area contributed by atoms with Crippen LogP contribution >= 0.6 is 11.6 Å². The Labute approximate surface area is 780 Å². The van der Waals surface area contributed by atoms with Gasteiger partial charge in [-0.25, -0.2) is 15.0 Å². The Kier molecular flexibility index (Phi) is 32.2. The minimum absolute atomic E-state index is 0.00819. The molecular formula is C104H119ClN14O14. The van der Waals surface area contributed by atoms with Crippen molar-refractivity contribution in [3.05, 3.63) is 282 Å². The predicted octanol–water partition coefficient (Wildman–Crippen LogP) is 13.6. The SMILES string of the molecule is CC(C)Oc1ccc(CN2CCCCC2)cc1-n1c(CN2CCN(C(=O)COc3ccc(Cl)cc3)CC2)nc2ccccc2c1=O.Cc1ccc(OCC(=O)N2CCN(Cc3nc4ccccc4c(=O)n3-c3cc(C=O)ccc3OC(C)C)CC2)cc1.Cc1ccc(OCC(=O)N2CCN(Cc3nc4ccccc4c(=O)n3-c3cc(CN4CCOCC4)ccc3OC(C)C)CC2)cc1. The number of carbonyl (C=O) groups is 4. The van der Waals surface area contributed by atoms with Gasteiger partial charge in [0.2, 0.25) is 0 Å². The molecule has 8 heterocycles. The third-order valence-corrected chi connectivity index (χ3v) is 24.3. The van der Waals surface area contributed by atoms with Crippen LogP contribution in [0.1, 0.15) is 111 Å². The van der Waals surface area contributed by atoms with Crippen LogP contribution in [0.3, 0.4) is 0 Å². The minimum Gasteiger partial charge on any atom is -0.489 e. The number of piperidine rings is 1. The predicted molar refractivity (Wildman–Crippen MR) is 516 cm³/mol. The zero-order valence-electron chi connectivity index (χ0n) is 77.2. The molecule has 3 amide bonds. The number of piperazine rings is 3. The molecule has 3 aromatic heterocycles. The molecule has 5 saturated heterocycles. The van der Waals surface area contributed by atoms with E-state index in [0.717, 1.165) is 86.7 Å².